The largest absolute Gasteiger partial charge is 0.453 e. The Kier molecular flexibility index (Phi) is 13.7. The van der Waals surface area contributed by atoms with Gasteiger partial charge in [-0.25, -0.2) is 0 Å². The summed E-state index contributed by atoms with van der Waals surface area (Å²) in [5, 5.41) is 0. The van der Waals surface area contributed by atoms with Crippen LogP contribution < -0.4 is 9.64 Å². The fourth-order valence-corrected chi connectivity index (χ4v) is 10.2. The van der Waals surface area contributed by atoms with E-state index in [1.165, 1.54) is 77.9 Å². The van der Waals surface area contributed by atoms with Crippen molar-refractivity contribution in [3.05, 3.63) is 221 Å². The highest BCUT2D eigenvalue weighted by atomic mass is 16.5. The molecule has 2 nitrogen and oxygen atoms in total. The standard InChI is InChI=1S/C68H65NO/c1-7-11-48-17-25-52(26-18-48)56-37-57(53-27-19-49(12-8-2)20-28-53)40-60(39-56)62-43-63(45-64(44-62)69-65-33-15-46(5)35-67(65)70-68-36-47(6)16-34-66(68)69)61-41-58(54-29-21-50(13-9-3)22-30-54)38-59(42-61)55-31-23-51(14-10-4)24-32-55/h15-45H,7-14H2,1-6H3. The lowest BCUT2D eigenvalue weighted by Gasteiger charge is -2.34. The van der Waals surface area contributed by atoms with Crippen LogP contribution in [0.1, 0.15) is 86.8 Å². The van der Waals surface area contributed by atoms with Crippen LogP contribution in [0.3, 0.4) is 0 Å². The normalized spacial score (nSPS) is 11.8. The van der Waals surface area contributed by atoms with Crippen LogP contribution in [-0.4, -0.2) is 0 Å². The molecule has 9 aromatic rings. The highest BCUT2D eigenvalue weighted by Crippen LogP contribution is 2.52. The number of benzene rings is 9. The molecule has 0 radical (unpaired) electrons. The number of hydrogen-bond donors (Lipinski definition) is 0. The molecule has 0 unspecified atom stereocenters. The van der Waals surface area contributed by atoms with E-state index < -0.39 is 0 Å². The zero-order valence-electron chi connectivity index (χ0n) is 41.9. The van der Waals surface area contributed by atoms with Crippen molar-refractivity contribution in [2.24, 2.45) is 0 Å². The van der Waals surface area contributed by atoms with Gasteiger partial charge in [-0.15, -0.1) is 0 Å². The minimum absolute atomic E-state index is 0.856. The van der Waals surface area contributed by atoms with Gasteiger partial charge in [-0.1, -0.05) is 163 Å². The maximum atomic E-state index is 6.73. The smallest absolute Gasteiger partial charge is 0.151 e. The Labute approximate surface area is 417 Å². The highest BCUT2D eigenvalue weighted by Gasteiger charge is 2.27. The van der Waals surface area contributed by atoms with Crippen LogP contribution in [0.4, 0.5) is 17.1 Å². The number of hydrogen-bond acceptors (Lipinski definition) is 2. The average Bonchev–Trinajstić information content (AvgIpc) is 3.39. The molecule has 1 aliphatic rings. The van der Waals surface area contributed by atoms with Crippen molar-refractivity contribution in [2.45, 2.75) is 92.9 Å². The molecule has 0 saturated carbocycles. The first kappa shape index (κ1) is 46.3. The molecule has 0 bridgehead atoms. The second kappa shape index (κ2) is 20.7. The van der Waals surface area contributed by atoms with Gasteiger partial charge in [0.05, 0.1) is 11.4 Å². The molecule has 1 heterocycles. The lowest BCUT2D eigenvalue weighted by molar-refractivity contribution is 0.476. The summed E-state index contributed by atoms with van der Waals surface area (Å²) in [7, 11) is 0. The van der Waals surface area contributed by atoms with E-state index in [1.807, 2.05) is 0 Å². The maximum absolute atomic E-state index is 6.73. The van der Waals surface area contributed by atoms with Gasteiger partial charge in [0.1, 0.15) is 0 Å². The SMILES string of the molecule is CCCc1ccc(-c2cc(-c3ccc(CCC)cc3)cc(-c3cc(-c4cc(-c5ccc(CCC)cc5)cc(-c5ccc(CCC)cc5)c4)cc(N4c5ccc(C)cc5Oc5cc(C)ccc54)c3)c2)cc1. The third kappa shape index (κ3) is 10.0. The van der Waals surface area contributed by atoms with Gasteiger partial charge >= 0.3 is 0 Å². The van der Waals surface area contributed by atoms with Gasteiger partial charge < -0.3 is 9.64 Å². The maximum Gasteiger partial charge on any atom is 0.151 e. The third-order valence-electron chi connectivity index (χ3n) is 13.9. The molecule has 70 heavy (non-hydrogen) atoms. The molecule has 0 spiro atoms. The van der Waals surface area contributed by atoms with E-state index in [0.29, 0.717) is 0 Å². The molecule has 0 amide bonds. The molecular formula is C68H65NO. The first-order valence-corrected chi connectivity index (χ1v) is 25.8. The number of nitrogens with zero attached hydrogens (tertiary/aromatic N) is 1. The summed E-state index contributed by atoms with van der Waals surface area (Å²) in [5.74, 6) is 1.71. The lowest BCUT2D eigenvalue weighted by Crippen LogP contribution is -2.16. The summed E-state index contributed by atoms with van der Waals surface area (Å²) in [4.78, 5) is 2.41. The summed E-state index contributed by atoms with van der Waals surface area (Å²) >= 11 is 0. The number of fused-ring (bicyclic) bond motifs is 2. The Morgan fingerprint density at radius 1 is 0.286 bits per heavy atom. The molecular weight excluding hydrogens is 847 g/mol. The third-order valence-corrected chi connectivity index (χ3v) is 13.9. The van der Waals surface area contributed by atoms with Crippen molar-refractivity contribution < 1.29 is 4.74 Å². The molecule has 2 heteroatoms. The number of anilines is 3. The van der Waals surface area contributed by atoms with E-state index in [2.05, 4.69) is 234 Å². The van der Waals surface area contributed by atoms with Crippen LogP contribution in [0.2, 0.25) is 0 Å². The molecule has 0 atom stereocenters. The molecule has 0 saturated heterocycles. The average molecular weight is 912 g/mol. The van der Waals surface area contributed by atoms with Crippen molar-refractivity contribution in [1.82, 2.24) is 0 Å². The van der Waals surface area contributed by atoms with Crippen LogP contribution in [0.5, 0.6) is 11.5 Å². The molecule has 0 aliphatic carbocycles. The van der Waals surface area contributed by atoms with Gasteiger partial charge in [-0.2, -0.15) is 0 Å². The zero-order valence-corrected chi connectivity index (χ0v) is 41.9. The fraction of sp³-hybridized carbons (Fsp3) is 0.206. The van der Waals surface area contributed by atoms with Gasteiger partial charge in [-0.05, 0) is 219 Å². The summed E-state index contributed by atoms with van der Waals surface area (Å²) in [6.45, 7) is 13.3. The van der Waals surface area contributed by atoms with Crippen molar-refractivity contribution in [3.63, 3.8) is 0 Å². The van der Waals surface area contributed by atoms with Gasteiger partial charge in [0.2, 0.25) is 0 Å². The number of aryl methyl sites for hydroxylation is 6. The van der Waals surface area contributed by atoms with Crippen molar-refractivity contribution >= 4 is 17.1 Å². The van der Waals surface area contributed by atoms with Crippen LogP contribution in [0.25, 0.3) is 66.8 Å². The van der Waals surface area contributed by atoms with E-state index in [0.717, 1.165) is 102 Å². The highest BCUT2D eigenvalue weighted by molar-refractivity contribution is 5.93. The predicted molar refractivity (Wildman–Crippen MR) is 299 cm³/mol. The van der Waals surface area contributed by atoms with Crippen LogP contribution in [0, 0.1) is 13.8 Å². The Morgan fingerprint density at radius 3 is 0.814 bits per heavy atom. The Balaban J connectivity index is 1.22. The van der Waals surface area contributed by atoms with Crippen LogP contribution in [-0.2, 0) is 25.7 Å². The predicted octanol–water partition coefficient (Wildman–Crippen LogP) is 19.7. The topological polar surface area (TPSA) is 12.5 Å². The van der Waals surface area contributed by atoms with Crippen molar-refractivity contribution in [3.8, 4) is 78.3 Å². The molecule has 1 aliphatic heterocycles. The Hall–Kier alpha value is -7.42. The quantitative estimate of drug-likeness (QED) is 0.102. The molecule has 0 N–H and O–H groups in total. The number of ether oxygens (including phenoxy) is 1. The number of rotatable bonds is 15. The van der Waals surface area contributed by atoms with Crippen molar-refractivity contribution in [1.29, 1.82) is 0 Å². The van der Waals surface area contributed by atoms with E-state index in [4.69, 9.17) is 4.74 Å². The monoisotopic (exact) mass is 912 g/mol. The van der Waals surface area contributed by atoms with E-state index in [-0.39, 0.29) is 0 Å². The fourth-order valence-electron chi connectivity index (χ4n) is 10.2. The first-order valence-electron chi connectivity index (χ1n) is 25.8. The molecule has 0 aromatic heterocycles. The Morgan fingerprint density at radius 2 is 0.543 bits per heavy atom. The summed E-state index contributed by atoms with van der Waals surface area (Å²) in [6, 6.07) is 71.6. The second-order valence-electron chi connectivity index (χ2n) is 19.5. The van der Waals surface area contributed by atoms with Crippen molar-refractivity contribution in [2.75, 3.05) is 4.90 Å². The molecule has 10 rings (SSSR count). The molecule has 9 aromatic carbocycles. The van der Waals surface area contributed by atoms with E-state index >= 15 is 0 Å². The van der Waals surface area contributed by atoms with E-state index in [1.54, 1.807) is 0 Å². The lowest BCUT2D eigenvalue weighted by atomic mass is 9.89. The van der Waals surface area contributed by atoms with Crippen LogP contribution >= 0.6 is 0 Å². The van der Waals surface area contributed by atoms with Crippen LogP contribution in [0.15, 0.2) is 188 Å². The second-order valence-corrected chi connectivity index (χ2v) is 19.5. The summed E-state index contributed by atoms with van der Waals surface area (Å²) in [6.07, 6.45) is 8.83. The molecule has 0 fully saturated rings. The zero-order chi connectivity index (χ0) is 48.1. The summed E-state index contributed by atoms with van der Waals surface area (Å²) in [5.41, 5.74) is 25.3. The summed E-state index contributed by atoms with van der Waals surface area (Å²) < 4.78 is 6.73. The van der Waals surface area contributed by atoms with Gasteiger partial charge in [0.25, 0.3) is 0 Å². The van der Waals surface area contributed by atoms with E-state index in [9.17, 15) is 0 Å². The van der Waals surface area contributed by atoms with Gasteiger partial charge in [-0.3, -0.25) is 0 Å². The Bertz CT molecular complexity index is 2920. The first-order chi connectivity index (χ1) is 34.2. The minimum atomic E-state index is 0.856. The van der Waals surface area contributed by atoms with Gasteiger partial charge in [0, 0.05) is 5.69 Å². The minimum Gasteiger partial charge on any atom is -0.453 e. The van der Waals surface area contributed by atoms with Gasteiger partial charge in [0.15, 0.2) is 11.5 Å². The molecule has 348 valence electrons.